The van der Waals surface area contributed by atoms with Crippen LogP contribution in [0.25, 0.3) is 0 Å². The van der Waals surface area contributed by atoms with Gasteiger partial charge in [-0.25, -0.2) is 0 Å². The molecule has 0 aromatic carbocycles. The van der Waals surface area contributed by atoms with Crippen LogP contribution < -0.4 is 5.32 Å². The summed E-state index contributed by atoms with van der Waals surface area (Å²) in [7, 11) is 0. The average molecular weight is 241 g/mol. The van der Waals surface area contributed by atoms with E-state index in [9.17, 15) is 4.79 Å². The van der Waals surface area contributed by atoms with Crippen molar-refractivity contribution >= 4 is 5.91 Å². The fourth-order valence-corrected chi connectivity index (χ4v) is 2.44. The second kappa shape index (κ2) is 6.36. The molecule has 0 aliphatic carbocycles. The maximum absolute atomic E-state index is 12.1. The lowest BCUT2D eigenvalue weighted by Crippen LogP contribution is -2.55. The predicted molar refractivity (Wildman–Crippen MR) is 71.1 cm³/mol. The molecular weight excluding hydrogens is 214 g/mol. The van der Waals surface area contributed by atoms with Crippen molar-refractivity contribution < 1.29 is 4.79 Å². The second-order valence-corrected chi connectivity index (χ2v) is 5.29. The molecule has 1 aliphatic heterocycles. The molecule has 1 heterocycles. The summed E-state index contributed by atoms with van der Waals surface area (Å²) < 4.78 is 0. The highest BCUT2D eigenvalue weighted by atomic mass is 16.2. The van der Waals surface area contributed by atoms with Crippen LogP contribution in [0.3, 0.4) is 0 Å². The van der Waals surface area contributed by atoms with E-state index in [1.807, 2.05) is 18.7 Å². The van der Waals surface area contributed by atoms with Crippen LogP contribution in [0, 0.1) is 0 Å². The van der Waals surface area contributed by atoms with E-state index in [2.05, 4.69) is 24.1 Å². The van der Waals surface area contributed by atoms with Gasteiger partial charge in [0, 0.05) is 51.2 Å². The zero-order chi connectivity index (χ0) is 12.9. The van der Waals surface area contributed by atoms with Gasteiger partial charge in [0.15, 0.2) is 0 Å². The minimum absolute atomic E-state index is 0.0260. The lowest BCUT2D eigenvalue weighted by Gasteiger charge is -2.41. The van der Waals surface area contributed by atoms with Crippen LogP contribution in [-0.2, 0) is 4.79 Å². The number of hydrogen-bond acceptors (Lipinski definition) is 3. The highest BCUT2D eigenvalue weighted by Gasteiger charge is 2.31. The first-order chi connectivity index (χ1) is 8.01. The van der Waals surface area contributed by atoms with Crippen LogP contribution in [0.2, 0.25) is 0 Å². The summed E-state index contributed by atoms with van der Waals surface area (Å²) in [6.07, 6.45) is 0.620. The van der Waals surface area contributed by atoms with Crippen molar-refractivity contribution in [3.8, 4) is 0 Å². The summed E-state index contributed by atoms with van der Waals surface area (Å²) in [4.78, 5) is 16.5. The monoisotopic (exact) mass is 241 g/mol. The molecule has 0 radical (unpaired) electrons. The molecule has 4 nitrogen and oxygen atoms in total. The first-order valence-corrected chi connectivity index (χ1v) is 6.74. The predicted octanol–water partition coefficient (Wildman–Crippen LogP) is 0.929. The molecule has 0 aromatic heterocycles. The van der Waals surface area contributed by atoms with Gasteiger partial charge in [0.25, 0.3) is 0 Å². The number of amides is 1. The number of nitrogens with zero attached hydrogens (tertiary/aromatic N) is 2. The molecule has 17 heavy (non-hydrogen) atoms. The van der Waals surface area contributed by atoms with Gasteiger partial charge in [-0.3, -0.25) is 9.69 Å². The Hall–Kier alpha value is -0.610. The van der Waals surface area contributed by atoms with Gasteiger partial charge in [-0.05, 0) is 27.7 Å². The van der Waals surface area contributed by atoms with Crippen LogP contribution >= 0.6 is 0 Å². The molecule has 4 heteroatoms. The molecule has 1 N–H and O–H groups in total. The van der Waals surface area contributed by atoms with Crippen molar-refractivity contribution in [2.45, 2.75) is 39.7 Å². The van der Waals surface area contributed by atoms with E-state index in [-0.39, 0.29) is 11.4 Å². The summed E-state index contributed by atoms with van der Waals surface area (Å²) >= 11 is 0. The molecule has 1 rings (SSSR count). The highest BCUT2D eigenvalue weighted by Crippen LogP contribution is 2.20. The molecule has 0 bridgehead atoms. The molecule has 100 valence electrons. The SMILES string of the molecule is CCN(CC)C(=O)CC(C)(C)N1CCNCC1. The Balaban J connectivity index is 2.54. The molecule has 1 fully saturated rings. The number of carbonyl (C=O) groups excluding carboxylic acids is 1. The maximum Gasteiger partial charge on any atom is 0.224 e. The second-order valence-electron chi connectivity index (χ2n) is 5.29. The topological polar surface area (TPSA) is 35.6 Å². The smallest absolute Gasteiger partial charge is 0.224 e. The fourth-order valence-electron chi connectivity index (χ4n) is 2.44. The molecule has 0 saturated carbocycles. The Morgan fingerprint density at radius 2 is 1.76 bits per heavy atom. The van der Waals surface area contributed by atoms with Crippen LogP contribution in [0.15, 0.2) is 0 Å². The van der Waals surface area contributed by atoms with Gasteiger partial charge in [-0.2, -0.15) is 0 Å². The molecule has 0 atom stereocenters. The lowest BCUT2D eigenvalue weighted by atomic mass is 9.96. The van der Waals surface area contributed by atoms with Crippen LogP contribution in [0.4, 0.5) is 0 Å². The van der Waals surface area contributed by atoms with Crippen molar-refractivity contribution in [2.75, 3.05) is 39.3 Å². The zero-order valence-corrected chi connectivity index (χ0v) is 11.8. The summed E-state index contributed by atoms with van der Waals surface area (Å²) in [5, 5.41) is 3.35. The highest BCUT2D eigenvalue weighted by molar-refractivity contribution is 5.77. The van der Waals surface area contributed by atoms with Crippen molar-refractivity contribution in [3.63, 3.8) is 0 Å². The number of rotatable bonds is 5. The van der Waals surface area contributed by atoms with E-state index in [0.717, 1.165) is 39.3 Å². The van der Waals surface area contributed by atoms with Crippen molar-refractivity contribution in [1.29, 1.82) is 0 Å². The quantitative estimate of drug-likeness (QED) is 0.778. The number of piperazine rings is 1. The number of hydrogen-bond donors (Lipinski definition) is 1. The molecule has 1 amide bonds. The fraction of sp³-hybridized carbons (Fsp3) is 0.923. The summed E-state index contributed by atoms with van der Waals surface area (Å²) in [6, 6.07) is 0. The summed E-state index contributed by atoms with van der Waals surface area (Å²) in [6.45, 7) is 14.2. The van der Waals surface area contributed by atoms with Gasteiger partial charge >= 0.3 is 0 Å². The van der Waals surface area contributed by atoms with Gasteiger partial charge in [0.05, 0.1) is 0 Å². The largest absolute Gasteiger partial charge is 0.343 e. The van der Waals surface area contributed by atoms with Crippen molar-refractivity contribution in [2.24, 2.45) is 0 Å². The Kier molecular flexibility index (Phi) is 5.40. The van der Waals surface area contributed by atoms with Gasteiger partial charge in [0.2, 0.25) is 5.91 Å². The normalized spacial score (nSPS) is 18.1. The third-order valence-corrected chi connectivity index (χ3v) is 3.67. The number of carbonyl (C=O) groups is 1. The van der Waals surface area contributed by atoms with Crippen LogP contribution in [-0.4, -0.2) is 60.5 Å². The number of nitrogens with one attached hydrogen (secondary N) is 1. The third kappa shape index (κ3) is 3.96. The van der Waals surface area contributed by atoms with Crippen LogP contribution in [0.1, 0.15) is 34.1 Å². The van der Waals surface area contributed by atoms with E-state index in [0.29, 0.717) is 6.42 Å². The lowest BCUT2D eigenvalue weighted by molar-refractivity contribution is -0.133. The third-order valence-electron chi connectivity index (χ3n) is 3.67. The molecule has 0 unspecified atom stereocenters. The maximum atomic E-state index is 12.1. The molecular formula is C13H27N3O. The van der Waals surface area contributed by atoms with Crippen LogP contribution in [0.5, 0.6) is 0 Å². The summed E-state index contributed by atoms with van der Waals surface area (Å²) in [5.74, 6) is 0.276. The Labute approximate surface area is 105 Å². The molecule has 1 aliphatic rings. The first kappa shape index (κ1) is 14.5. The van der Waals surface area contributed by atoms with Gasteiger partial charge in [-0.15, -0.1) is 0 Å². The standard InChI is InChI=1S/C13H27N3O/c1-5-15(6-2)12(17)11-13(3,4)16-9-7-14-8-10-16/h14H,5-11H2,1-4H3. The Bertz CT molecular complexity index is 243. The Morgan fingerprint density at radius 1 is 1.24 bits per heavy atom. The summed E-state index contributed by atoms with van der Waals surface area (Å²) in [5.41, 5.74) is -0.0260. The molecule has 0 spiro atoms. The van der Waals surface area contributed by atoms with Crippen molar-refractivity contribution in [3.05, 3.63) is 0 Å². The minimum Gasteiger partial charge on any atom is -0.343 e. The Morgan fingerprint density at radius 3 is 2.24 bits per heavy atom. The molecule has 1 saturated heterocycles. The van der Waals surface area contributed by atoms with E-state index >= 15 is 0 Å². The van der Waals surface area contributed by atoms with Gasteiger partial charge < -0.3 is 10.2 Å². The minimum atomic E-state index is -0.0260. The average Bonchev–Trinajstić information content (AvgIpc) is 2.31. The van der Waals surface area contributed by atoms with Gasteiger partial charge in [-0.1, -0.05) is 0 Å². The van der Waals surface area contributed by atoms with Gasteiger partial charge in [0.1, 0.15) is 0 Å². The van der Waals surface area contributed by atoms with E-state index in [1.54, 1.807) is 0 Å². The van der Waals surface area contributed by atoms with E-state index < -0.39 is 0 Å². The first-order valence-electron chi connectivity index (χ1n) is 6.74. The van der Waals surface area contributed by atoms with Crippen molar-refractivity contribution in [1.82, 2.24) is 15.1 Å². The molecule has 0 aromatic rings. The zero-order valence-electron chi connectivity index (χ0n) is 11.8. The van der Waals surface area contributed by atoms with E-state index in [1.165, 1.54) is 0 Å². The van der Waals surface area contributed by atoms with E-state index in [4.69, 9.17) is 0 Å².